The number of phenolic OH excluding ortho intramolecular Hbond substituents is 1. The van der Waals surface area contributed by atoms with Gasteiger partial charge in [0.05, 0.1) is 4.47 Å². The number of carbonyl (C=O) groups excluding carboxylic acids is 1. The summed E-state index contributed by atoms with van der Waals surface area (Å²) in [4.78, 5) is 12.2. The van der Waals surface area contributed by atoms with E-state index < -0.39 is 0 Å². The molecule has 0 bridgehead atoms. The minimum atomic E-state index is -0.00907. The van der Waals surface area contributed by atoms with E-state index in [4.69, 9.17) is 0 Å². The van der Waals surface area contributed by atoms with Gasteiger partial charge in [-0.25, -0.2) is 0 Å². The van der Waals surface area contributed by atoms with Crippen molar-refractivity contribution in [1.82, 2.24) is 0 Å². The Morgan fingerprint density at radius 3 is 2.83 bits per heavy atom. The maximum Gasteiger partial charge on any atom is 0.141 e. The summed E-state index contributed by atoms with van der Waals surface area (Å²) in [6.45, 7) is 2.05. The zero-order valence-electron chi connectivity index (χ0n) is 10.2. The third-order valence-electron chi connectivity index (χ3n) is 3.99. The third kappa shape index (κ3) is 1.92. The second-order valence-electron chi connectivity index (χ2n) is 5.34. The highest BCUT2D eigenvalue weighted by atomic mass is 79.9. The molecule has 0 spiro atoms. The van der Waals surface area contributed by atoms with Crippen molar-refractivity contribution in [2.75, 3.05) is 5.32 Å². The number of halogens is 1. The molecule has 18 heavy (non-hydrogen) atoms. The van der Waals surface area contributed by atoms with Crippen molar-refractivity contribution in [3.05, 3.63) is 22.2 Å². The topological polar surface area (TPSA) is 49.3 Å². The highest BCUT2D eigenvalue weighted by Crippen LogP contribution is 2.42. The van der Waals surface area contributed by atoms with Crippen LogP contribution in [0.5, 0.6) is 5.75 Å². The molecule has 3 nitrogen and oxygen atoms in total. The van der Waals surface area contributed by atoms with Crippen LogP contribution in [0, 0.1) is 11.8 Å². The number of ketones is 1. The van der Waals surface area contributed by atoms with E-state index in [0.29, 0.717) is 16.7 Å². The van der Waals surface area contributed by atoms with E-state index in [0.717, 1.165) is 24.1 Å². The van der Waals surface area contributed by atoms with Crippen molar-refractivity contribution in [1.29, 1.82) is 0 Å². The van der Waals surface area contributed by atoms with Gasteiger partial charge >= 0.3 is 0 Å². The van der Waals surface area contributed by atoms with Gasteiger partial charge in [-0.3, -0.25) is 4.79 Å². The Morgan fingerprint density at radius 2 is 2.17 bits per heavy atom. The molecule has 1 saturated carbocycles. The monoisotopic (exact) mass is 309 g/mol. The molecule has 2 N–H and O–H groups in total. The van der Waals surface area contributed by atoms with Crippen molar-refractivity contribution in [2.45, 2.75) is 32.2 Å². The molecule has 1 aliphatic carbocycles. The Balaban J connectivity index is 1.94. The van der Waals surface area contributed by atoms with Crippen molar-refractivity contribution in [2.24, 2.45) is 11.8 Å². The number of hydrogen-bond acceptors (Lipinski definition) is 3. The van der Waals surface area contributed by atoms with Gasteiger partial charge in [0.25, 0.3) is 0 Å². The third-order valence-corrected chi connectivity index (χ3v) is 4.63. The number of hydrogen-bond donors (Lipinski definition) is 2. The van der Waals surface area contributed by atoms with Gasteiger partial charge in [0.2, 0.25) is 0 Å². The molecule has 1 heterocycles. The molecule has 1 unspecified atom stereocenters. The van der Waals surface area contributed by atoms with Crippen LogP contribution < -0.4 is 5.32 Å². The molecule has 96 valence electrons. The summed E-state index contributed by atoms with van der Waals surface area (Å²) in [5.41, 5.74) is 1.81. The maximum absolute atomic E-state index is 12.2. The van der Waals surface area contributed by atoms with Crippen LogP contribution >= 0.6 is 15.9 Å². The zero-order valence-corrected chi connectivity index (χ0v) is 11.8. The summed E-state index contributed by atoms with van der Waals surface area (Å²) < 4.78 is 0.690. The molecule has 0 aromatic heterocycles. The number of Topliss-reactive ketones (excluding diaryl/α,β-unsaturated/α-hetero) is 1. The van der Waals surface area contributed by atoms with Gasteiger partial charge in [0.1, 0.15) is 11.5 Å². The molecule has 0 saturated heterocycles. The van der Waals surface area contributed by atoms with E-state index in [1.54, 1.807) is 0 Å². The van der Waals surface area contributed by atoms with Gasteiger partial charge in [-0.2, -0.15) is 0 Å². The lowest BCUT2D eigenvalue weighted by Gasteiger charge is -2.32. The van der Waals surface area contributed by atoms with Gasteiger partial charge in [-0.15, -0.1) is 0 Å². The molecule has 1 fully saturated rings. The quantitative estimate of drug-likeness (QED) is 0.882. The van der Waals surface area contributed by atoms with Crippen molar-refractivity contribution in [3.63, 3.8) is 0 Å². The smallest absolute Gasteiger partial charge is 0.141 e. The number of anilines is 1. The summed E-state index contributed by atoms with van der Waals surface area (Å²) in [6.07, 6.45) is 2.73. The molecular weight excluding hydrogens is 294 g/mol. The Bertz CT molecular complexity index is 511. The number of rotatable bonds is 2. The number of fused-ring (bicyclic) bond motifs is 1. The Labute approximate surface area is 115 Å². The number of nitrogens with one attached hydrogen (secondary N) is 1. The molecule has 1 aromatic rings. The van der Waals surface area contributed by atoms with Crippen LogP contribution in [0.15, 0.2) is 16.6 Å². The number of carbonyl (C=O) groups is 1. The Hall–Kier alpha value is -1.03. The van der Waals surface area contributed by atoms with Crippen molar-refractivity contribution >= 4 is 27.4 Å². The van der Waals surface area contributed by atoms with Crippen LogP contribution in [0.1, 0.15) is 25.3 Å². The van der Waals surface area contributed by atoms with Gasteiger partial charge in [0, 0.05) is 29.1 Å². The summed E-state index contributed by atoms with van der Waals surface area (Å²) >= 11 is 3.32. The lowest BCUT2D eigenvalue weighted by Crippen LogP contribution is -2.38. The first-order valence-corrected chi connectivity index (χ1v) is 7.18. The van der Waals surface area contributed by atoms with Crippen LogP contribution in [-0.2, 0) is 11.2 Å². The summed E-state index contributed by atoms with van der Waals surface area (Å²) in [7, 11) is 0. The van der Waals surface area contributed by atoms with E-state index in [-0.39, 0.29) is 23.6 Å². The maximum atomic E-state index is 12.2. The fourth-order valence-electron chi connectivity index (χ4n) is 2.71. The molecule has 0 amide bonds. The molecule has 4 heteroatoms. The summed E-state index contributed by atoms with van der Waals surface area (Å²) in [5, 5.41) is 13.4. The van der Waals surface area contributed by atoms with Gasteiger partial charge in [-0.05, 0) is 54.2 Å². The largest absolute Gasteiger partial charge is 0.506 e. The predicted octanol–water partition coefficient (Wildman–Crippen LogP) is 3.11. The highest BCUT2D eigenvalue weighted by molar-refractivity contribution is 9.10. The lowest BCUT2D eigenvalue weighted by molar-refractivity contribution is -0.124. The average Bonchev–Trinajstić information content (AvgIpc) is 3.17. The molecule has 1 aromatic carbocycles. The first-order chi connectivity index (χ1) is 8.58. The van der Waals surface area contributed by atoms with Crippen LogP contribution in [0.25, 0.3) is 0 Å². The molecule has 1 aliphatic heterocycles. The first-order valence-electron chi connectivity index (χ1n) is 6.38. The minimum absolute atomic E-state index is 0.00907. The Morgan fingerprint density at radius 1 is 1.44 bits per heavy atom. The van der Waals surface area contributed by atoms with Gasteiger partial charge < -0.3 is 10.4 Å². The summed E-state index contributed by atoms with van der Waals surface area (Å²) in [5.74, 6) is 0.890. The second kappa shape index (κ2) is 4.26. The van der Waals surface area contributed by atoms with E-state index in [9.17, 15) is 9.90 Å². The van der Waals surface area contributed by atoms with Crippen LogP contribution in [0.3, 0.4) is 0 Å². The second-order valence-corrected chi connectivity index (χ2v) is 6.20. The van der Waals surface area contributed by atoms with E-state index in [1.807, 2.05) is 19.1 Å². The molecule has 2 aliphatic rings. The molecule has 2 atom stereocenters. The predicted molar refractivity (Wildman–Crippen MR) is 73.8 cm³/mol. The fraction of sp³-hybridized carbons (Fsp3) is 0.500. The van der Waals surface area contributed by atoms with E-state index in [2.05, 4.69) is 21.2 Å². The zero-order chi connectivity index (χ0) is 12.9. The normalized spacial score (nSPS) is 26.3. The lowest BCUT2D eigenvalue weighted by atomic mass is 9.83. The Kier molecular flexibility index (Phi) is 2.85. The number of phenols is 1. The number of aromatic hydroxyl groups is 1. The molecule has 0 radical (unpaired) electrons. The van der Waals surface area contributed by atoms with Gasteiger partial charge in [-0.1, -0.05) is 0 Å². The van der Waals surface area contributed by atoms with Gasteiger partial charge in [0.15, 0.2) is 0 Å². The van der Waals surface area contributed by atoms with E-state index >= 15 is 0 Å². The first kappa shape index (κ1) is 12.0. The van der Waals surface area contributed by atoms with Crippen molar-refractivity contribution < 1.29 is 9.90 Å². The molecular formula is C14H16BrNO2. The van der Waals surface area contributed by atoms with Crippen molar-refractivity contribution in [3.8, 4) is 5.75 Å². The molecule has 3 rings (SSSR count). The van der Waals surface area contributed by atoms with Crippen LogP contribution in [0.4, 0.5) is 5.69 Å². The average molecular weight is 310 g/mol. The standard InChI is InChI=1S/C14H16BrNO2/c1-7-9(13(17)8-2-3-8)6-10-12(16-7)5-4-11(15)14(10)18/h4-5,7-9,16,18H,2-3,6H2,1H3/t7-,9?/m0/s1. The highest BCUT2D eigenvalue weighted by Gasteiger charge is 2.39. The minimum Gasteiger partial charge on any atom is -0.506 e. The van der Waals surface area contributed by atoms with Crippen LogP contribution in [0.2, 0.25) is 0 Å². The SMILES string of the molecule is C[C@@H]1Nc2ccc(Br)c(O)c2CC1C(=O)C1CC1. The summed E-state index contributed by atoms with van der Waals surface area (Å²) in [6, 6.07) is 3.93. The fourth-order valence-corrected chi connectivity index (χ4v) is 3.08. The van der Waals surface area contributed by atoms with Crippen LogP contribution in [-0.4, -0.2) is 16.9 Å². The number of benzene rings is 1. The van der Waals surface area contributed by atoms with E-state index in [1.165, 1.54) is 0 Å².